The highest BCUT2D eigenvalue weighted by atomic mass is 14.2. The third-order valence-electron chi connectivity index (χ3n) is 3.52. The van der Waals surface area contributed by atoms with Gasteiger partial charge < -0.3 is 0 Å². The van der Waals surface area contributed by atoms with Crippen molar-refractivity contribution in [3.05, 3.63) is 0 Å². The second-order valence-electron chi connectivity index (χ2n) is 5.65. The molecule has 2 atom stereocenters. The van der Waals surface area contributed by atoms with Gasteiger partial charge in [-0.25, -0.2) is 0 Å². The summed E-state index contributed by atoms with van der Waals surface area (Å²) in [5.41, 5.74) is 0. The van der Waals surface area contributed by atoms with Gasteiger partial charge in [0.25, 0.3) is 0 Å². The van der Waals surface area contributed by atoms with Gasteiger partial charge in [-0.1, -0.05) is 73.1 Å². The molecule has 0 aliphatic rings. The summed E-state index contributed by atoms with van der Waals surface area (Å²) < 4.78 is 0. The summed E-state index contributed by atoms with van der Waals surface area (Å²) in [5, 5.41) is 0. The average Bonchev–Trinajstić information content (AvgIpc) is 2.20. The van der Waals surface area contributed by atoms with Crippen molar-refractivity contribution in [2.45, 2.75) is 79.6 Å². The second-order valence-corrected chi connectivity index (χ2v) is 5.65. The van der Waals surface area contributed by atoms with Gasteiger partial charge in [-0.3, -0.25) is 0 Å². The van der Waals surface area contributed by atoms with Crippen molar-refractivity contribution in [2.24, 2.45) is 17.8 Å². The highest BCUT2D eigenvalue weighted by Gasteiger charge is 2.17. The van der Waals surface area contributed by atoms with Crippen LogP contribution in [0.25, 0.3) is 0 Å². The van der Waals surface area contributed by atoms with Gasteiger partial charge in [0.2, 0.25) is 0 Å². The van der Waals surface area contributed by atoms with Gasteiger partial charge >= 0.3 is 0 Å². The van der Waals surface area contributed by atoms with Crippen molar-refractivity contribution < 1.29 is 0 Å². The van der Waals surface area contributed by atoms with Gasteiger partial charge in [0.15, 0.2) is 0 Å². The van der Waals surface area contributed by atoms with Crippen LogP contribution in [0.1, 0.15) is 79.6 Å². The number of unbranched alkanes of at least 4 members (excludes halogenated alkanes) is 2. The molecular weight excluding hydrogens is 180 g/mol. The molecule has 0 saturated heterocycles. The van der Waals surface area contributed by atoms with Crippen LogP contribution in [0.3, 0.4) is 0 Å². The fourth-order valence-corrected chi connectivity index (χ4v) is 2.47. The summed E-state index contributed by atoms with van der Waals surface area (Å²) in [4.78, 5) is 0. The van der Waals surface area contributed by atoms with Crippen molar-refractivity contribution in [3.63, 3.8) is 0 Å². The zero-order valence-corrected chi connectivity index (χ0v) is 11.7. The van der Waals surface area contributed by atoms with E-state index in [4.69, 9.17) is 0 Å². The van der Waals surface area contributed by atoms with Gasteiger partial charge in [-0.05, 0) is 24.2 Å². The monoisotopic (exact) mass is 212 g/mol. The van der Waals surface area contributed by atoms with Gasteiger partial charge in [-0.15, -0.1) is 0 Å². The Morgan fingerprint density at radius 3 is 1.80 bits per heavy atom. The summed E-state index contributed by atoms with van der Waals surface area (Å²) in [5.74, 6) is 2.80. The molecule has 0 heteroatoms. The Morgan fingerprint density at radius 1 is 0.800 bits per heavy atom. The minimum atomic E-state index is 0.871. The van der Waals surface area contributed by atoms with Gasteiger partial charge in [0.05, 0.1) is 0 Å². The van der Waals surface area contributed by atoms with Crippen LogP contribution in [0.2, 0.25) is 0 Å². The third kappa shape index (κ3) is 7.88. The Hall–Kier alpha value is 0. The zero-order valence-electron chi connectivity index (χ0n) is 11.7. The molecule has 0 radical (unpaired) electrons. The van der Waals surface area contributed by atoms with Crippen LogP contribution in [-0.4, -0.2) is 0 Å². The Balaban J connectivity index is 3.95. The maximum Gasteiger partial charge on any atom is -0.0386 e. The molecule has 0 spiro atoms. The minimum Gasteiger partial charge on any atom is -0.0654 e. The predicted octanol–water partition coefficient (Wildman–Crippen LogP) is 5.67. The van der Waals surface area contributed by atoms with Crippen molar-refractivity contribution in [3.8, 4) is 0 Å². The molecule has 0 saturated carbocycles. The lowest BCUT2D eigenvalue weighted by atomic mass is 9.80. The number of hydrogen-bond acceptors (Lipinski definition) is 0. The van der Waals surface area contributed by atoms with E-state index in [0.717, 1.165) is 17.8 Å². The van der Waals surface area contributed by atoms with Crippen LogP contribution in [0, 0.1) is 17.8 Å². The molecule has 15 heavy (non-hydrogen) atoms. The molecule has 0 aromatic rings. The number of hydrogen-bond donors (Lipinski definition) is 0. The van der Waals surface area contributed by atoms with E-state index in [1.54, 1.807) is 0 Å². The standard InChI is InChI=1S/C15H32/c1-6-8-10-14(5)15(11-9-7-2)12-13(3)4/h13-15H,6-12H2,1-5H3. The fourth-order valence-electron chi connectivity index (χ4n) is 2.47. The van der Waals surface area contributed by atoms with E-state index in [1.165, 1.54) is 44.9 Å². The summed E-state index contributed by atoms with van der Waals surface area (Å²) in [6, 6.07) is 0. The molecule has 0 aromatic carbocycles. The molecule has 0 aliphatic carbocycles. The highest BCUT2D eigenvalue weighted by molar-refractivity contribution is 4.68. The lowest BCUT2D eigenvalue weighted by molar-refractivity contribution is 0.259. The summed E-state index contributed by atoms with van der Waals surface area (Å²) in [7, 11) is 0. The topological polar surface area (TPSA) is 0 Å². The largest absolute Gasteiger partial charge is 0.0654 e. The molecule has 0 aliphatic heterocycles. The van der Waals surface area contributed by atoms with E-state index in [2.05, 4.69) is 34.6 Å². The minimum absolute atomic E-state index is 0.871. The van der Waals surface area contributed by atoms with Gasteiger partial charge in [0.1, 0.15) is 0 Å². The van der Waals surface area contributed by atoms with E-state index >= 15 is 0 Å². The first-order chi connectivity index (χ1) is 7.11. The Morgan fingerprint density at radius 2 is 1.33 bits per heavy atom. The smallest absolute Gasteiger partial charge is 0.0386 e. The Kier molecular flexibility index (Phi) is 9.24. The van der Waals surface area contributed by atoms with E-state index in [-0.39, 0.29) is 0 Å². The predicted molar refractivity (Wildman–Crippen MR) is 71.2 cm³/mol. The maximum atomic E-state index is 2.47. The van der Waals surface area contributed by atoms with E-state index in [1.807, 2.05) is 0 Å². The number of rotatable bonds is 9. The Bertz CT molecular complexity index is 126. The maximum absolute atomic E-state index is 2.47. The lowest BCUT2D eigenvalue weighted by Gasteiger charge is -2.25. The van der Waals surface area contributed by atoms with Crippen molar-refractivity contribution in [2.75, 3.05) is 0 Å². The lowest BCUT2D eigenvalue weighted by Crippen LogP contribution is -2.14. The fraction of sp³-hybridized carbons (Fsp3) is 1.00. The van der Waals surface area contributed by atoms with E-state index < -0.39 is 0 Å². The molecule has 0 amide bonds. The third-order valence-corrected chi connectivity index (χ3v) is 3.52. The van der Waals surface area contributed by atoms with Crippen LogP contribution in [0.5, 0.6) is 0 Å². The first-order valence-corrected chi connectivity index (χ1v) is 7.11. The molecule has 0 heterocycles. The van der Waals surface area contributed by atoms with Crippen LogP contribution < -0.4 is 0 Å². The molecule has 0 aromatic heterocycles. The van der Waals surface area contributed by atoms with E-state index in [9.17, 15) is 0 Å². The van der Waals surface area contributed by atoms with Crippen molar-refractivity contribution in [1.82, 2.24) is 0 Å². The van der Waals surface area contributed by atoms with Crippen molar-refractivity contribution >= 4 is 0 Å². The average molecular weight is 212 g/mol. The molecule has 0 fully saturated rings. The first-order valence-electron chi connectivity index (χ1n) is 7.11. The van der Waals surface area contributed by atoms with E-state index in [0.29, 0.717) is 0 Å². The quantitative estimate of drug-likeness (QED) is 0.462. The van der Waals surface area contributed by atoms with Crippen LogP contribution >= 0.6 is 0 Å². The zero-order chi connectivity index (χ0) is 11.7. The van der Waals surface area contributed by atoms with Crippen LogP contribution in [0.4, 0.5) is 0 Å². The van der Waals surface area contributed by atoms with Crippen molar-refractivity contribution in [1.29, 1.82) is 0 Å². The molecule has 0 bridgehead atoms. The molecule has 0 N–H and O–H groups in total. The molecule has 92 valence electrons. The molecule has 2 unspecified atom stereocenters. The summed E-state index contributed by atoms with van der Waals surface area (Å²) in [6.45, 7) is 11.8. The first kappa shape index (κ1) is 15.0. The SMILES string of the molecule is CCCCC(C)C(CCCC)CC(C)C. The Labute approximate surface area is 97.8 Å². The molecule has 0 rings (SSSR count). The molecule has 0 nitrogen and oxygen atoms in total. The van der Waals surface area contributed by atoms with Gasteiger partial charge in [-0.2, -0.15) is 0 Å². The summed E-state index contributed by atoms with van der Waals surface area (Å²) in [6.07, 6.45) is 9.89. The summed E-state index contributed by atoms with van der Waals surface area (Å²) >= 11 is 0. The molecular formula is C15H32. The normalized spacial score (nSPS) is 15.6. The van der Waals surface area contributed by atoms with Gasteiger partial charge in [0, 0.05) is 0 Å². The second kappa shape index (κ2) is 9.24. The highest BCUT2D eigenvalue weighted by Crippen LogP contribution is 2.29. The van der Waals surface area contributed by atoms with Crippen LogP contribution in [-0.2, 0) is 0 Å². The van der Waals surface area contributed by atoms with Crippen LogP contribution in [0.15, 0.2) is 0 Å².